The Morgan fingerprint density at radius 1 is 1.00 bits per heavy atom. The highest BCUT2D eigenvalue weighted by Crippen LogP contribution is 2.33. The number of fused-ring (bicyclic) bond motifs is 2. The van der Waals surface area contributed by atoms with Crippen molar-refractivity contribution in [3.63, 3.8) is 0 Å². The molecule has 0 aliphatic carbocycles. The summed E-state index contributed by atoms with van der Waals surface area (Å²) < 4.78 is 11.8. The number of benzene rings is 2. The highest BCUT2D eigenvalue weighted by atomic mass is 32.2. The first kappa shape index (κ1) is 13.5. The van der Waals surface area contributed by atoms with Crippen LogP contribution in [0.25, 0.3) is 10.9 Å². The predicted octanol–water partition coefficient (Wildman–Crippen LogP) is 4.17. The Hall–Kier alpha value is -2.20. The van der Waals surface area contributed by atoms with Crippen molar-refractivity contribution in [2.75, 3.05) is 12.4 Å². The Bertz CT molecular complexity index is 800. The van der Waals surface area contributed by atoms with Gasteiger partial charge in [0, 0.05) is 22.2 Å². The minimum absolute atomic E-state index is 0.0545. The van der Waals surface area contributed by atoms with E-state index in [0.29, 0.717) is 6.61 Å². The van der Waals surface area contributed by atoms with E-state index in [1.165, 1.54) is 10.3 Å². The zero-order valence-electron chi connectivity index (χ0n) is 11.9. The van der Waals surface area contributed by atoms with Gasteiger partial charge in [0.15, 0.2) is 11.5 Å². The van der Waals surface area contributed by atoms with Crippen molar-refractivity contribution in [3.8, 4) is 11.5 Å². The molecule has 3 aromatic rings. The Labute approximate surface area is 133 Å². The molecule has 1 atom stereocenters. The van der Waals surface area contributed by atoms with Crippen molar-refractivity contribution in [2.45, 2.75) is 11.0 Å². The minimum Gasteiger partial charge on any atom is -0.486 e. The van der Waals surface area contributed by atoms with E-state index in [0.717, 1.165) is 22.8 Å². The van der Waals surface area contributed by atoms with E-state index in [-0.39, 0.29) is 6.10 Å². The number of aromatic nitrogens is 1. The number of rotatable bonds is 3. The van der Waals surface area contributed by atoms with E-state index in [9.17, 15) is 0 Å². The van der Waals surface area contributed by atoms with Crippen LogP contribution in [0.4, 0.5) is 0 Å². The normalized spacial score (nSPS) is 16.6. The van der Waals surface area contributed by atoms with Gasteiger partial charge < -0.3 is 9.47 Å². The van der Waals surface area contributed by atoms with Gasteiger partial charge in [-0.15, -0.1) is 11.8 Å². The summed E-state index contributed by atoms with van der Waals surface area (Å²) in [7, 11) is 0. The van der Waals surface area contributed by atoms with Gasteiger partial charge >= 0.3 is 0 Å². The van der Waals surface area contributed by atoms with E-state index >= 15 is 0 Å². The summed E-state index contributed by atoms with van der Waals surface area (Å²) in [5.41, 5.74) is 1.05. The summed E-state index contributed by atoms with van der Waals surface area (Å²) in [6, 6.07) is 18.1. The predicted molar refractivity (Wildman–Crippen MR) is 88.8 cm³/mol. The van der Waals surface area contributed by atoms with Gasteiger partial charge in [0.2, 0.25) is 0 Å². The molecule has 0 saturated heterocycles. The van der Waals surface area contributed by atoms with Crippen LogP contribution < -0.4 is 9.47 Å². The van der Waals surface area contributed by atoms with Crippen molar-refractivity contribution < 1.29 is 9.47 Å². The standard InChI is InChI=1S/C18H15NO2S/c1-2-8-16-15(7-1)20-11-14(21-16)12-22-17-9-3-5-13-6-4-10-19-18(13)17/h1-10,14H,11-12H2/t14-/m1/s1. The van der Waals surface area contributed by atoms with E-state index in [1.54, 1.807) is 11.8 Å². The maximum Gasteiger partial charge on any atom is 0.161 e. The van der Waals surface area contributed by atoms with Crippen molar-refractivity contribution in [1.82, 2.24) is 4.98 Å². The summed E-state index contributed by atoms with van der Waals surface area (Å²) in [6.07, 6.45) is 1.89. The van der Waals surface area contributed by atoms with Crippen molar-refractivity contribution in [1.29, 1.82) is 0 Å². The molecule has 0 N–H and O–H groups in total. The quantitative estimate of drug-likeness (QED) is 0.680. The Kier molecular flexibility index (Phi) is 3.60. The zero-order valence-corrected chi connectivity index (χ0v) is 12.8. The molecule has 4 rings (SSSR count). The summed E-state index contributed by atoms with van der Waals surface area (Å²) in [5.74, 6) is 2.50. The lowest BCUT2D eigenvalue weighted by atomic mass is 10.2. The fourth-order valence-corrected chi connectivity index (χ4v) is 3.53. The molecule has 1 aromatic heterocycles. The van der Waals surface area contributed by atoms with Crippen LogP contribution in [-0.4, -0.2) is 23.4 Å². The van der Waals surface area contributed by atoms with E-state index in [4.69, 9.17) is 9.47 Å². The number of pyridine rings is 1. The smallest absolute Gasteiger partial charge is 0.161 e. The first-order valence-corrected chi connectivity index (χ1v) is 8.24. The molecule has 0 bridgehead atoms. The molecule has 2 heterocycles. The molecule has 0 saturated carbocycles. The maximum atomic E-state index is 6.00. The van der Waals surface area contributed by atoms with Crippen molar-refractivity contribution >= 4 is 22.7 Å². The van der Waals surface area contributed by atoms with Crippen LogP contribution in [0.15, 0.2) is 65.7 Å². The van der Waals surface area contributed by atoms with E-state index in [2.05, 4.69) is 29.2 Å². The summed E-state index contributed by atoms with van der Waals surface area (Å²) in [5, 5.41) is 1.17. The van der Waals surface area contributed by atoms with E-state index < -0.39 is 0 Å². The second-order valence-corrected chi connectivity index (χ2v) is 6.20. The Morgan fingerprint density at radius 3 is 2.82 bits per heavy atom. The van der Waals surface area contributed by atoms with Crippen LogP contribution in [-0.2, 0) is 0 Å². The molecule has 0 fully saturated rings. The average molecular weight is 309 g/mol. The monoisotopic (exact) mass is 309 g/mol. The lowest BCUT2D eigenvalue weighted by Gasteiger charge is -2.26. The zero-order chi connectivity index (χ0) is 14.8. The SMILES string of the molecule is c1ccc2c(c1)OC[C@H](CSc1cccc3cccnc13)O2. The van der Waals surface area contributed by atoms with Crippen LogP contribution >= 0.6 is 11.8 Å². The largest absolute Gasteiger partial charge is 0.486 e. The third-order valence-corrected chi connectivity index (χ3v) is 4.77. The van der Waals surface area contributed by atoms with Crippen LogP contribution in [0.5, 0.6) is 11.5 Å². The highest BCUT2D eigenvalue weighted by Gasteiger charge is 2.20. The number of para-hydroxylation sites is 3. The van der Waals surface area contributed by atoms with Gasteiger partial charge in [-0.2, -0.15) is 0 Å². The van der Waals surface area contributed by atoms with Gasteiger partial charge in [-0.1, -0.05) is 30.3 Å². The van der Waals surface area contributed by atoms with Crippen LogP contribution in [0.1, 0.15) is 0 Å². The molecule has 22 heavy (non-hydrogen) atoms. The fourth-order valence-electron chi connectivity index (χ4n) is 2.52. The van der Waals surface area contributed by atoms with E-state index in [1.807, 2.05) is 36.5 Å². The summed E-state index contributed by atoms with van der Waals surface area (Å²) in [4.78, 5) is 5.67. The van der Waals surface area contributed by atoms with Crippen LogP contribution in [0.3, 0.4) is 0 Å². The molecule has 1 aliphatic heterocycles. The molecule has 0 spiro atoms. The third kappa shape index (κ3) is 2.62. The second-order valence-electron chi connectivity index (χ2n) is 5.14. The van der Waals surface area contributed by atoms with Crippen LogP contribution in [0, 0.1) is 0 Å². The molecular weight excluding hydrogens is 294 g/mol. The number of hydrogen-bond acceptors (Lipinski definition) is 4. The molecule has 4 heteroatoms. The van der Waals surface area contributed by atoms with Gasteiger partial charge in [0.1, 0.15) is 12.7 Å². The van der Waals surface area contributed by atoms with Gasteiger partial charge in [-0.25, -0.2) is 0 Å². The van der Waals surface area contributed by atoms with Crippen molar-refractivity contribution in [2.24, 2.45) is 0 Å². The van der Waals surface area contributed by atoms with Gasteiger partial charge in [-0.05, 0) is 24.3 Å². The number of thioether (sulfide) groups is 1. The topological polar surface area (TPSA) is 31.4 Å². The Morgan fingerprint density at radius 2 is 1.86 bits per heavy atom. The Balaban J connectivity index is 1.49. The molecule has 3 nitrogen and oxygen atoms in total. The minimum atomic E-state index is 0.0545. The summed E-state index contributed by atoms with van der Waals surface area (Å²) >= 11 is 1.76. The second kappa shape index (κ2) is 5.89. The molecule has 110 valence electrons. The molecule has 1 aliphatic rings. The first-order valence-electron chi connectivity index (χ1n) is 7.25. The average Bonchev–Trinajstić information content (AvgIpc) is 2.60. The molecule has 0 amide bonds. The number of nitrogens with zero attached hydrogens (tertiary/aromatic N) is 1. The third-order valence-electron chi connectivity index (χ3n) is 3.59. The molecular formula is C18H15NO2S. The fraction of sp³-hybridized carbons (Fsp3) is 0.167. The van der Waals surface area contributed by atoms with Gasteiger partial charge in [-0.3, -0.25) is 4.98 Å². The lowest BCUT2D eigenvalue weighted by Crippen LogP contribution is -2.31. The van der Waals surface area contributed by atoms with Gasteiger partial charge in [0.25, 0.3) is 0 Å². The number of ether oxygens (including phenoxy) is 2. The first-order chi connectivity index (χ1) is 10.9. The molecule has 2 aromatic carbocycles. The van der Waals surface area contributed by atoms with Crippen molar-refractivity contribution in [3.05, 3.63) is 60.8 Å². The summed E-state index contributed by atoms with van der Waals surface area (Å²) in [6.45, 7) is 0.586. The van der Waals surface area contributed by atoms with Crippen LogP contribution in [0.2, 0.25) is 0 Å². The lowest BCUT2D eigenvalue weighted by molar-refractivity contribution is 0.107. The number of hydrogen-bond donors (Lipinski definition) is 0. The van der Waals surface area contributed by atoms with Gasteiger partial charge in [0.05, 0.1) is 5.52 Å². The molecule has 0 radical (unpaired) electrons. The molecule has 0 unspecified atom stereocenters. The highest BCUT2D eigenvalue weighted by molar-refractivity contribution is 7.99. The maximum absolute atomic E-state index is 6.00.